The van der Waals surface area contributed by atoms with Crippen LogP contribution in [0.25, 0.3) is 10.2 Å². The Hall–Kier alpha value is -1.92. The number of para-hydroxylation sites is 1. The maximum absolute atomic E-state index is 13.4. The van der Waals surface area contributed by atoms with Crippen LogP contribution in [0.15, 0.2) is 53.4 Å². The standard InChI is InChI=1S/C16H13FN2OS2/c17-11-5-1-3-7-13(11)21-10-9-15(20)19-16-18-12-6-2-4-8-14(12)22-16/h1-8H,9-10H2,(H,18,19,20). The SMILES string of the molecule is O=C(CCSc1ccccc1F)Nc1nc2ccccc2s1. The number of thioether (sulfide) groups is 1. The first-order chi connectivity index (χ1) is 10.7. The highest BCUT2D eigenvalue weighted by molar-refractivity contribution is 7.99. The van der Waals surface area contributed by atoms with Gasteiger partial charge in [0.25, 0.3) is 0 Å². The topological polar surface area (TPSA) is 42.0 Å². The Morgan fingerprint density at radius 2 is 1.95 bits per heavy atom. The van der Waals surface area contributed by atoms with Crippen LogP contribution in [0.1, 0.15) is 6.42 Å². The molecule has 6 heteroatoms. The van der Waals surface area contributed by atoms with Crippen molar-refractivity contribution in [2.24, 2.45) is 0 Å². The van der Waals surface area contributed by atoms with E-state index in [2.05, 4.69) is 10.3 Å². The van der Waals surface area contributed by atoms with E-state index in [4.69, 9.17) is 0 Å². The van der Waals surface area contributed by atoms with Crippen LogP contribution in [0, 0.1) is 5.82 Å². The summed E-state index contributed by atoms with van der Waals surface area (Å²) >= 11 is 2.79. The van der Waals surface area contributed by atoms with Crippen molar-refractivity contribution in [1.29, 1.82) is 0 Å². The lowest BCUT2D eigenvalue weighted by molar-refractivity contribution is -0.115. The number of benzene rings is 2. The van der Waals surface area contributed by atoms with Crippen LogP contribution in [0.5, 0.6) is 0 Å². The van der Waals surface area contributed by atoms with Gasteiger partial charge in [-0.05, 0) is 24.3 Å². The van der Waals surface area contributed by atoms with Gasteiger partial charge in [0.1, 0.15) is 5.82 Å². The molecule has 1 aromatic heterocycles. The van der Waals surface area contributed by atoms with Gasteiger partial charge >= 0.3 is 0 Å². The molecule has 0 saturated carbocycles. The molecule has 0 unspecified atom stereocenters. The lowest BCUT2D eigenvalue weighted by Crippen LogP contribution is -2.11. The van der Waals surface area contributed by atoms with E-state index in [9.17, 15) is 9.18 Å². The van der Waals surface area contributed by atoms with Crippen molar-refractivity contribution in [3.8, 4) is 0 Å². The molecule has 0 aliphatic heterocycles. The molecule has 1 N–H and O–H groups in total. The van der Waals surface area contributed by atoms with Gasteiger partial charge < -0.3 is 5.32 Å². The van der Waals surface area contributed by atoms with Crippen LogP contribution in [-0.2, 0) is 4.79 Å². The van der Waals surface area contributed by atoms with E-state index < -0.39 is 0 Å². The van der Waals surface area contributed by atoms with Crippen molar-refractivity contribution in [2.45, 2.75) is 11.3 Å². The molecule has 0 bridgehead atoms. The van der Waals surface area contributed by atoms with Gasteiger partial charge in [-0.2, -0.15) is 0 Å². The summed E-state index contributed by atoms with van der Waals surface area (Å²) in [6, 6.07) is 14.3. The van der Waals surface area contributed by atoms with Gasteiger partial charge in [-0.3, -0.25) is 4.79 Å². The largest absolute Gasteiger partial charge is 0.302 e. The lowest BCUT2D eigenvalue weighted by Gasteiger charge is -2.03. The molecule has 0 atom stereocenters. The molecule has 0 spiro atoms. The zero-order valence-corrected chi connectivity index (χ0v) is 13.2. The predicted octanol–water partition coefficient (Wildman–Crippen LogP) is 4.56. The molecule has 0 radical (unpaired) electrons. The number of halogens is 1. The lowest BCUT2D eigenvalue weighted by atomic mass is 10.3. The van der Waals surface area contributed by atoms with Crippen LogP contribution >= 0.6 is 23.1 Å². The number of carbonyl (C=O) groups is 1. The molecule has 2 aromatic carbocycles. The van der Waals surface area contributed by atoms with Gasteiger partial charge in [0.05, 0.1) is 10.2 Å². The molecular weight excluding hydrogens is 319 g/mol. The van der Waals surface area contributed by atoms with Gasteiger partial charge in [0.15, 0.2) is 5.13 Å². The summed E-state index contributed by atoms with van der Waals surface area (Å²) in [4.78, 5) is 16.8. The number of thiazole rings is 1. The molecule has 1 amide bonds. The van der Waals surface area contributed by atoms with Crippen molar-refractivity contribution < 1.29 is 9.18 Å². The van der Waals surface area contributed by atoms with Crippen LogP contribution in [0.2, 0.25) is 0 Å². The number of rotatable bonds is 5. The van der Waals surface area contributed by atoms with E-state index in [1.54, 1.807) is 18.2 Å². The van der Waals surface area contributed by atoms with E-state index >= 15 is 0 Å². The van der Waals surface area contributed by atoms with E-state index in [-0.39, 0.29) is 11.7 Å². The number of aromatic nitrogens is 1. The molecular formula is C16H13FN2OS2. The normalized spacial score (nSPS) is 10.8. The number of anilines is 1. The highest BCUT2D eigenvalue weighted by atomic mass is 32.2. The Bertz CT molecular complexity index is 770. The third-order valence-electron chi connectivity index (χ3n) is 2.96. The Morgan fingerprint density at radius 1 is 1.18 bits per heavy atom. The van der Waals surface area contributed by atoms with Gasteiger partial charge in [-0.25, -0.2) is 9.37 Å². The fourth-order valence-corrected chi connectivity index (χ4v) is 3.69. The predicted molar refractivity (Wildman–Crippen MR) is 90.0 cm³/mol. The van der Waals surface area contributed by atoms with E-state index in [1.807, 2.05) is 24.3 Å². The van der Waals surface area contributed by atoms with Crippen molar-refractivity contribution >= 4 is 44.4 Å². The summed E-state index contributed by atoms with van der Waals surface area (Å²) in [5.74, 6) is 0.166. The summed E-state index contributed by atoms with van der Waals surface area (Å²) in [5, 5.41) is 3.39. The first kappa shape index (κ1) is 15.0. The zero-order valence-electron chi connectivity index (χ0n) is 11.6. The van der Waals surface area contributed by atoms with Crippen LogP contribution in [-0.4, -0.2) is 16.6 Å². The van der Waals surface area contributed by atoms with Gasteiger partial charge in [-0.1, -0.05) is 35.6 Å². The highest BCUT2D eigenvalue weighted by Crippen LogP contribution is 2.26. The summed E-state index contributed by atoms with van der Waals surface area (Å²) < 4.78 is 14.5. The Morgan fingerprint density at radius 3 is 2.77 bits per heavy atom. The maximum Gasteiger partial charge on any atom is 0.226 e. The Balaban J connectivity index is 1.53. The average Bonchev–Trinajstić information content (AvgIpc) is 2.91. The number of carbonyl (C=O) groups excluding carboxylic acids is 1. The first-order valence-corrected chi connectivity index (χ1v) is 8.55. The minimum atomic E-state index is -0.251. The summed E-state index contributed by atoms with van der Waals surface area (Å²) in [6.07, 6.45) is 0.314. The average molecular weight is 332 g/mol. The van der Waals surface area contributed by atoms with Crippen LogP contribution in [0.4, 0.5) is 9.52 Å². The second-order valence-corrected chi connectivity index (χ2v) is 6.73. The second-order valence-electron chi connectivity index (χ2n) is 4.56. The maximum atomic E-state index is 13.4. The molecule has 3 aromatic rings. The molecule has 0 aliphatic carbocycles. The number of nitrogens with zero attached hydrogens (tertiary/aromatic N) is 1. The Kier molecular flexibility index (Phi) is 4.70. The fourth-order valence-electron chi connectivity index (χ4n) is 1.92. The highest BCUT2D eigenvalue weighted by Gasteiger charge is 2.08. The third-order valence-corrected chi connectivity index (χ3v) is 4.97. The molecule has 112 valence electrons. The number of hydrogen-bond donors (Lipinski definition) is 1. The number of fused-ring (bicyclic) bond motifs is 1. The van der Waals surface area contributed by atoms with E-state index in [0.717, 1.165) is 10.2 Å². The first-order valence-electron chi connectivity index (χ1n) is 6.75. The quantitative estimate of drug-likeness (QED) is 0.697. The smallest absolute Gasteiger partial charge is 0.226 e. The summed E-state index contributed by atoms with van der Waals surface area (Å²) in [6.45, 7) is 0. The molecule has 0 fully saturated rings. The summed E-state index contributed by atoms with van der Waals surface area (Å²) in [7, 11) is 0. The zero-order chi connectivity index (χ0) is 15.4. The van der Waals surface area contributed by atoms with E-state index in [0.29, 0.717) is 22.2 Å². The molecule has 3 nitrogen and oxygen atoms in total. The monoisotopic (exact) mass is 332 g/mol. The van der Waals surface area contributed by atoms with Crippen molar-refractivity contribution in [3.05, 3.63) is 54.3 Å². The van der Waals surface area contributed by atoms with Gasteiger partial charge in [0, 0.05) is 17.1 Å². The molecule has 3 rings (SSSR count). The fraction of sp³-hybridized carbons (Fsp3) is 0.125. The Labute approximate surface area is 135 Å². The van der Waals surface area contributed by atoms with Gasteiger partial charge in [-0.15, -0.1) is 11.8 Å². The van der Waals surface area contributed by atoms with Gasteiger partial charge in [0.2, 0.25) is 5.91 Å². The number of hydrogen-bond acceptors (Lipinski definition) is 4. The van der Waals surface area contributed by atoms with E-state index in [1.165, 1.54) is 29.2 Å². The molecule has 0 aliphatic rings. The minimum absolute atomic E-state index is 0.108. The summed E-state index contributed by atoms with van der Waals surface area (Å²) in [5.41, 5.74) is 0.878. The minimum Gasteiger partial charge on any atom is -0.302 e. The van der Waals surface area contributed by atoms with Crippen LogP contribution in [0.3, 0.4) is 0 Å². The molecule has 22 heavy (non-hydrogen) atoms. The van der Waals surface area contributed by atoms with Crippen LogP contribution < -0.4 is 5.32 Å². The van der Waals surface area contributed by atoms with Crippen molar-refractivity contribution in [1.82, 2.24) is 4.98 Å². The second kappa shape index (κ2) is 6.89. The number of nitrogens with one attached hydrogen (secondary N) is 1. The van der Waals surface area contributed by atoms with Crippen molar-refractivity contribution in [2.75, 3.05) is 11.1 Å². The molecule has 1 heterocycles. The number of amides is 1. The van der Waals surface area contributed by atoms with Crippen molar-refractivity contribution in [3.63, 3.8) is 0 Å². The third kappa shape index (κ3) is 3.64. The molecule has 0 saturated heterocycles.